The number of hydrogen-bond donors (Lipinski definition) is 1. The molecule has 1 heterocycles. The molecule has 7 heteroatoms. The number of anilines is 1. The van der Waals surface area contributed by atoms with Crippen LogP contribution in [0.25, 0.3) is 11.4 Å². The molecule has 6 nitrogen and oxygen atoms in total. The molecular weight excluding hydrogens is 419 g/mol. The molecule has 1 N–H and O–H groups in total. The number of aryl methyl sites for hydroxylation is 1. The largest absolute Gasteiger partial charge is 0.372 e. The Bertz CT molecular complexity index is 1030. The van der Waals surface area contributed by atoms with Gasteiger partial charge in [-0.3, -0.25) is 4.79 Å². The summed E-state index contributed by atoms with van der Waals surface area (Å²) >= 11 is 0. The second kappa shape index (κ2) is 11.1. The van der Waals surface area contributed by atoms with E-state index in [1.54, 1.807) is 12.1 Å². The Kier molecular flexibility index (Phi) is 7.70. The summed E-state index contributed by atoms with van der Waals surface area (Å²) in [6.45, 7) is 0.515. The highest BCUT2D eigenvalue weighted by Gasteiger charge is 2.18. The predicted molar refractivity (Wildman–Crippen MR) is 126 cm³/mol. The fraction of sp³-hybridized carbons (Fsp3) is 0.423. The van der Waals surface area contributed by atoms with Crippen LogP contribution in [-0.4, -0.2) is 29.1 Å². The second-order valence-corrected chi connectivity index (χ2v) is 8.72. The van der Waals surface area contributed by atoms with Crippen LogP contribution in [0.5, 0.6) is 0 Å². The van der Waals surface area contributed by atoms with Gasteiger partial charge >= 0.3 is 0 Å². The predicted octanol–water partition coefficient (Wildman–Crippen LogP) is 5.28. The summed E-state index contributed by atoms with van der Waals surface area (Å²) in [6, 6.07) is 15.0. The first-order chi connectivity index (χ1) is 16.1. The van der Waals surface area contributed by atoms with Gasteiger partial charge in [-0.05, 0) is 61.2 Å². The molecule has 1 aromatic heterocycles. The Balaban J connectivity index is 1.18. The topological polar surface area (TPSA) is 71.3 Å². The van der Waals surface area contributed by atoms with Crippen LogP contribution in [0.15, 0.2) is 53.1 Å². The van der Waals surface area contributed by atoms with Crippen LogP contribution in [0, 0.1) is 5.82 Å². The van der Waals surface area contributed by atoms with E-state index >= 15 is 0 Å². The van der Waals surface area contributed by atoms with E-state index in [4.69, 9.17) is 4.52 Å². The molecule has 0 unspecified atom stereocenters. The minimum Gasteiger partial charge on any atom is -0.372 e. The number of nitrogens with zero attached hydrogens (tertiary/aromatic N) is 3. The summed E-state index contributed by atoms with van der Waals surface area (Å²) in [5.74, 6) is 0.583. The van der Waals surface area contributed by atoms with Gasteiger partial charge in [0.1, 0.15) is 5.82 Å². The third-order valence-electron chi connectivity index (χ3n) is 6.32. The first kappa shape index (κ1) is 23.0. The smallest absolute Gasteiger partial charge is 0.226 e. The molecule has 0 spiro atoms. The average molecular weight is 451 g/mol. The van der Waals surface area contributed by atoms with E-state index in [-0.39, 0.29) is 11.7 Å². The summed E-state index contributed by atoms with van der Waals surface area (Å²) < 4.78 is 18.3. The number of aromatic nitrogens is 2. The molecule has 1 aliphatic rings. The van der Waals surface area contributed by atoms with E-state index < -0.39 is 0 Å². The lowest BCUT2D eigenvalue weighted by Gasteiger charge is -2.33. The van der Waals surface area contributed by atoms with Crippen LogP contribution in [-0.2, 0) is 17.8 Å². The van der Waals surface area contributed by atoms with Gasteiger partial charge in [-0.2, -0.15) is 4.98 Å². The fourth-order valence-corrected chi connectivity index (χ4v) is 4.29. The highest BCUT2D eigenvalue weighted by atomic mass is 19.1. The number of benzene rings is 2. The summed E-state index contributed by atoms with van der Waals surface area (Å²) in [4.78, 5) is 18.9. The van der Waals surface area contributed by atoms with Gasteiger partial charge in [0.25, 0.3) is 0 Å². The van der Waals surface area contributed by atoms with E-state index in [9.17, 15) is 9.18 Å². The molecule has 0 atom stereocenters. The van der Waals surface area contributed by atoms with Gasteiger partial charge in [0.05, 0.1) is 0 Å². The van der Waals surface area contributed by atoms with E-state index in [2.05, 4.69) is 51.7 Å². The zero-order valence-electron chi connectivity index (χ0n) is 19.1. The lowest BCUT2D eigenvalue weighted by Crippen LogP contribution is -2.33. The number of amides is 1. The number of halogens is 1. The van der Waals surface area contributed by atoms with Gasteiger partial charge in [-0.15, -0.1) is 0 Å². The lowest BCUT2D eigenvalue weighted by atomic mass is 9.94. The summed E-state index contributed by atoms with van der Waals surface area (Å²) in [5, 5.41) is 6.91. The van der Waals surface area contributed by atoms with Gasteiger partial charge in [0.15, 0.2) is 0 Å². The molecule has 0 bridgehead atoms. The van der Waals surface area contributed by atoms with Crippen LogP contribution in [0.3, 0.4) is 0 Å². The first-order valence-electron chi connectivity index (χ1n) is 11.8. The van der Waals surface area contributed by atoms with Gasteiger partial charge < -0.3 is 14.7 Å². The van der Waals surface area contributed by atoms with Crippen LogP contribution in [0.4, 0.5) is 10.1 Å². The van der Waals surface area contributed by atoms with Crippen molar-refractivity contribution in [2.24, 2.45) is 0 Å². The summed E-state index contributed by atoms with van der Waals surface area (Å²) in [5.41, 5.74) is 3.02. The molecule has 0 radical (unpaired) electrons. The van der Waals surface area contributed by atoms with Crippen molar-refractivity contribution >= 4 is 11.6 Å². The van der Waals surface area contributed by atoms with Crippen molar-refractivity contribution < 1.29 is 13.7 Å². The number of carbonyl (C=O) groups is 1. The van der Waals surface area contributed by atoms with Crippen molar-refractivity contribution in [2.75, 3.05) is 11.9 Å². The Hall–Kier alpha value is -3.22. The Morgan fingerprint density at radius 3 is 2.55 bits per heavy atom. The zero-order chi connectivity index (χ0) is 23.0. The zero-order valence-corrected chi connectivity index (χ0v) is 19.1. The molecule has 174 valence electrons. The monoisotopic (exact) mass is 450 g/mol. The van der Waals surface area contributed by atoms with Gasteiger partial charge in [-0.1, -0.05) is 36.6 Å². The summed E-state index contributed by atoms with van der Waals surface area (Å²) in [6.07, 6.45) is 8.05. The molecule has 1 amide bonds. The standard InChI is InChI=1S/C26H31FN4O2/c1-31(22-6-3-2-4-7-22)23-16-10-19(11-17-23)18-28-24(32)8-5-9-25-29-26(30-33-25)20-12-14-21(27)15-13-20/h10-17,22H,2-9,18H2,1H3,(H,28,32). The lowest BCUT2D eigenvalue weighted by molar-refractivity contribution is -0.121. The maximum absolute atomic E-state index is 13.0. The van der Waals surface area contributed by atoms with Gasteiger partial charge in [0, 0.05) is 43.7 Å². The SMILES string of the molecule is CN(c1ccc(CNC(=O)CCCc2nc(-c3ccc(F)cc3)no2)cc1)C1CCCCC1. The molecule has 0 aliphatic heterocycles. The number of carbonyl (C=O) groups excluding carboxylic acids is 1. The molecule has 1 aliphatic carbocycles. The molecule has 1 saturated carbocycles. The Morgan fingerprint density at radius 1 is 1.09 bits per heavy atom. The summed E-state index contributed by atoms with van der Waals surface area (Å²) in [7, 11) is 2.18. The molecule has 4 rings (SSSR count). The minimum atomic E-state index is -0.309. The van der Waals surface area contributed by atoms with Crippen molar-refractivity contribution in [3.63, 3.8) is 0 Å². The maximum Gasteiger partial charge on any atom is 0.226 e. The fourth-order valence-electron chi connectivity index (χ4n) is 4.29. The number of rotatable bonds is 9. The van der Waals surface area contributed by atoms with Crippen LogP contribution in [0.2, 0.25) is 0 Å². The van der Waals surface area contributed by atoms with Crippen LogP contribution >= 0.6 is 0 Å². The molecule has 2 aromatic carbocycles. The van der Waals surface area contributed by atoms with Crippen molar-refractivity contribution in [1.29, 1.82) is 0 Å². The van der Waals surface area contributed by atoms with E-state index in [0.717, 1.165) is 5.56 Å². The minimum absolute atomic E-state index is 0.00308. The van der Waals surface area contributed by atoms with Gasteiger partial charge in [0.2, 0.25) is 17.6 Å². The van der Waals surface area contributed by atoms with Crippen LogP contribution < -0.4 is 10.2 Å². The third-order valence-corrected chi connectivity index (χ3v) is 6.32. The van der Waals surface area contributed by atoms with Crippen molar-refractivity contribution in [2.45, 2.75) is 64.0 Å². The maximum atomic E-state index is 13.0. The molecule has 1 fully saturated rings. The van der Waals surface area contributed by atoms with Crippen molar-refractivity contribution in [3.8, 4) is 11.4 Å². The molecule has 0 saturated heterocycles. The highest BCUT2D eigenvalue weighted by Crippen LogP contribution is 2.26. The van der Waals surface area contributed by atoms with E-state index in [0.29, 0.717) is 49.1 Å². The van der Waals surface area contributed by atoms with E-state index in [1.807, 2.05) is 0 Å². The molecule has 33 heavy (non-hydrogen) atoms. The van der Waals surface area contributed by atoms with E-state index in [1.165, 1.54) is 49.9 Å². The van der Waals surface area contributed by atoms with Crippen molar-refractivity contribution in [1.82, 2.24) is 15.5 Å². The molecule has 3 aromatic rings. The Labute approximate surface area is 194 Å². The quantitative estimate of drug-likeness (QED) is 0.480. The number of nitrogens with one attached hydrogen (secondary N) is 1. The van der Waals surface area contributed by atoms with Gasteiger partial charge in [-0.25, -0.2) is 4.39 Å². The highest BCUT2D eigenvalue weighted by molar-refractivity contribution is 5.75. The third kappa shape index (κ3) is 6.40. The Morgan fingerprint density at radius 2 is 1.82 bits per heavy atom. The van der Waals surface area contributed by atoms with Crippen LogP contribution in [0.1, 0.15) is 56.4 Å². The average Bonchev–Trinajstić information content (AvgIpc) is 3.32. The second-order valence-electron chi connectivity index (χ2n) is 8.72. The molecular formula is C26H31FN4O2. The normalized spacial score (nSPS) is 14.2. The number of hydrogen-bond acceptors (Lipinski definition) is 5. The first-order valence-corrected chi connectivity index (χ1v) is 11.8. The van der Waals surface area contributed by atoms with Crippen molar-refractivity contribution in [3.05, 3.63) is 65.8 Å².